The highest BCUT2D eigenvalue weighted by Crippen LogP contribution is 2.41. The van der Waals surface area contributed by atoms with Crippen molar-refractivity contribution >= 4 is 11.9 Å². The topological polar surface area (TPSA) is 92.7 Å². The quantitative estimate of drug-likeness (QED) is 0.540. The Morgan fingerprint density at radius 3 is 1.74 bits per heavy atom. The van der Waals surface area contributed by atoms with Crippen molar-refractivity contribution in [1.82, 2.24) is 0 Å². The van der Waals surface area contributed by atoms with Gasteiger partial charge in [-0.15, -0.1) is 0 Å². The van der Waals surface area contributed by atoms with Gasteiger partial charge in [0.1, 0.15) is 0 Å². The third kappa shape index (κ3) is 5.40. The van der Waals surface area contributed by atoms with Crippen molar-refractivity contribution in [3.05, 3.63) is 41.5 Å². The van der Waals surface area contributed by atoms with Crippen LogP contribution in [0.15, 0.2) is 30.3 Å². The van der Waals surface area contributed by atoms with E-state index >= 15 is 0 Å². The summed E-state index contributed by atoms with van der Waals surface area (Å²) in [5, 5.41) is 8.99. The van der Waals surface area contributed by atoms with Gasteiger partial charge in [0.15, 0.2) is 29.1 Å². The molecule has 168 valence electrons. The van der Waals surface area contributed by atoms with E-state index in [0.29, 0.717) is 40.1 Å². The summed E-state index contributed by atoms with van der Waals surface area (Å²) in [5.41, 5.74) is 1.08. The van der Waals surface area contributed by atoms with Crippen LogP contribution in [-0.4, -0.2) is 59.1 Å². The molecule has 8 nitrogen and oxygen atoms in total. The number of hydrogen-bond donors (Lipinski definition) is 1. The lowest BCUT2D eigenvalue weighted by Crippen LogP contribution is -2.24. The predicted octanol–water partition coefficient (Wildman–Crippen LogP) is 3.39. The van der Waals surface area contributed by atoms with Gasteiger partial charge in [-0.25, -0.2) is 0 Å². The van der Waals surface area contributed by atoms with Crippen molar-refractivity contribution in [3.8, 4) is 34.5 Å². The molecule has 0 bridgehead atoms. The van der Waals surface area contributed by atoms with E-state index in [1.165, 1.54) is 35.5 Å². The molecule has 1 N–H and O–H groups in total. The molecule has 0 radical (unpaired) electrons. The van der Waals surface area contributed by atoms with E-state index in [2.05, 4.69) is 0 Å². The van der Waals surface area contributed by atoms with Crippen molar-refractivity contribution in [2.24, 2.45) is 0 Å². The largest absolute Gasteiger partial charge is 0.493 e. The van der Waals surface area contributed by atoms with Gasteiger partial charge >= 0.3 is 0 Å². The predicted molar refractivity (Wildman–Crippen MR) is 116 cm³/mol. The highest BCUT2D eigenvalue weighted by Gasteiger charge is 2.25. The molecule has 0 saturated heterocycles. The first-order valence-electron chi connectivity index (χ1n) is 9.48. The molecule has 2 rings (SSSR count). The van der Waals surface area contributed by atoms with E-state index in [0.717, 1.165) is 5.56 Å². The molecule has 0 unspecified atom stereocenters. The van der Waals surface area contributed by atoms with Gasteiger partial charge in [0.05, 0.1) is 42.2 Å². The van der Waals surface area contributed by atoms with Gasteiger partial charge in [0.2, 0.25) is 17.3 Å². The van der Waals surface area contributed by atoms with Crippen LogP contribution in [0.1, 0.15) is 22.8 Å². The Morgan fingerprint density at radius 1 is 0.839 bits per heavy atom. The van der Waals surface area contributed by atoms with Gasteiger partial charge in [-0.2, -0.15) is 0 Å². The zero-order valence-electron chi connectivity index (χ0n) is 18.6. The average Bonchev–Trinajstić information content (AvgIpc) is 2.81. The second kappa shape index (κ2) is 11.1. The summed E-state index contributed by atoms with van der Waals surface area (Å²) in [6, 6.07) is 6.59. The summed E-state index contributed by atoms with van der Waals surface area (Å²) >= 11 is 0. The van der Waals surface area contributed by atoms with Gasteiger partial charge in [-0.1, -0.05) is 12.2 Å². The number of ether oxygens (including phenoxy) is 6. The number of carbonyl (C=O) groups is 1. The molecule has 2 aromatic rings. The molecule has 2 aromatic carbocycles. The van der Waals surface area contributed by atoms with Crippen molar-refractivity contribution in [2.45, 2.75) is 13.0 Å². The first-order valence-corrected chi connectivity index (χ1v) is 9.48. The number of rotatable bonds is 11. The van der Waals surface area contributed by atoms with Crippen molar-refractivity contribution < 1.29 is 38.3 Å². The number of carbonyl (C=O) groups excluding carboxylic acids is 1. The second-order valence-corrected chi connectivity index (χ2v) is 6.38. The molecule has 0 aromatic heterocycles. The summed E-state index contributed by atoms with van der Waals surface area (Å²) < 4.78 is 32.8. The summed E-state index contributed by atoms with van der Waals surface area (Å²) in [7, 11) is 7.44. The van der Waals surface area contributed by atoms with E-state index in [-0.39, 0.29) is 12.4 Å². The Balaban J connectivity index is 2.40. The Labute approximate surface area is 181 Å². The van der Waals surface area contributed by atoms with Gasteiger partial charge < -0.3 is 33.5 Å². The molecule has 8 heteroatoms. The first-order chi connectivity index (χ1) is 14.9. The lowest BCUT2D eigenvalue weighted by atomic mass is 10.1. The number of Topliss-reactive ketones (excluding diaryl/α,β-unsaturated/α-hetero) is 1. The lowest BCUT2D eigenvalue weighted by Gasteiger charge is -2.20. The fourth-order valence-electron chi connectivity index (χ4n) is 2.99. The highest BCUT2D eigenvalue weighted by molar-refractivity contribution is 6.00. The number of hydrogen-bond acceptors (Lipinski definition) is 8. The third-order valence-corrected chi connectivity index (χ3v) is 4.51. The Hall–Kier alpha value is -3.39. The average molecular weight is 432 g/mol. The molecule has 0 aliphatic rings. The van der Waals surface area contributed by atoms with Crippen LogP contribution in [0.25, 0.3) is 6.08 Å². The van der Waals surface area contributed by atoms with Gasteiger partial charge in [-0.3, -0.25) is 4.79 Å². The minimum Gasteiger partial charge on any atom is -0.493 e. The molecule has 0 aliphatic carbocycles. The molecule has 0 saturated carbocycles. The number of aliphatic hydroxyl groups excluding tert-OH is 1. The van der Waals surface area contributed by atoms with Crippen LogP contribution in [0.3, 0.4) is 0 Å². The zero-order chi connectivity index (χ0) is 23.0. The smallest absolute Gasteiger partial charge is 0.204 e. The Bertz CT molecular complexity index is 885. The summed E-state index contributed by atoms with van der Waals surface area (Å²) in [5.74, 6) is 1.90. The molecule has 31 heavy (non-hydrogen) atoms. The number of ketones is 1. The minimum absolute atomic E-state index is 0.0940. The van der Waals surface area contributed by atoms with Crippen LogP contribution in [0, 0.1) is 0 Å². The summed E-state index contributed by atoms with van der Waals surface area (Å²) in [6.45, 7) is 1.53. The van der Waals surface area contributed by atoms with Crippen LogP contribution in [0.2, 0.25) is 0 Å². The summed E-state index contributed by atoms with van der Waals surface area (Å²) in [6.07, 6.45) is 2.44. The normalized spacial score (nSPS) is 11.7. The molecule has 1 atom stereocenters. The number of methoxy groups -OCH3 is 5. The third-order valence-electron chi connectivity index (χ3n) is 4.51. The van der Waals surface area contributed by atoms with Gasteiger partial charge in [-0.05, 0) is 36.8 Å². The van der Waals surface area contributed by atoms with Gasteiger partial charge in [0.25, 0.3) is 0 Å². The zero-order valence-corrected chi connectivity index (χ0v) is 18.6. The van der Waals surface area contributed by atoms with Gasteiger partial charge in [0, 0.05) is 5.56 Å². The monoisotopic (exact) mass is 432 g/mol. The molecule has 0 amide bonds. The van der Waals surface area contributed by atoms with E-state index in [4.69, 9.17) is 33.5 Å². The molecular weight excluding hydrogens is 404 g/mol. The molecule has 0 fully saturated rings. The lowest BCUT2D eigenvalue weighted by molar-refractivity contribution is 0.0808. The van der Waals surface area contributed by atoms with Crippen LogP contribution in [-0.2, 0) is 0 Å². The van der Waals surface area contributed by atoms with Crippen molar-refractivity contribution in [3.63, 3.8) is 0 Å². The van der Waals surface area contributed by atoms with E-state index in [9.17, 15) is 4.79 Å². The fourth-order valence-corrected chi connectivity index (χ4v) is 2.99. The standard InChI is InChI=1S/C23H28O8/c1-14(21(25)16-12-19(28-4)22(30-6)20(13-16)29-5)31-23-17(26-2)10-15(8-7-9-24)11-18(23)27-3/h7-8,10-14,24H,9H2,1-6H3/b8-7+/t14-/m1/s1. The van der Waals surface area contributed by atoms with Crippen LogP contribution in [0.4, 0.5) is 0 Å². The molecule has 0 spiro atoms. The van der Waals surface area contributed by atoms with E-state index in [1.807, 2.05) is 0 Å². The number of aliphatic hydroxyl groups is 1. The number of benzene rings is 2. The SMILES string of the molecule is COc1cc(C(=O)[C@@H](C)Oc2c(OC)cc(/C=C/CO)cc2OC)cc(OC)c1OC. The fraction of sp³-hybridized carbons (Fsp3) is 0.348. The molecular formula is C23H28O8. The highest BCUT2D eigenvalue weighted by atomic mass is 16.5. The van der Waals surface area contributed by atoms with E-state index in [1.54, 1.807) is 43.3 Å². The van der Waals surface area contributed by atoms with Crippen molar-refractivity contribution in [2.75, 3.05) is 42.2 Å². The maximum absolute atomic E-state index is 13.1. The van der Waals surface area contributed by atoms with Crippen LogP contribution < -0.4 is 28.4 Å². The van der Waals surface area contributed by atoms with Crippen LogP contribution in [0.5, 0.6) is 34.5 Å². The van der Waals surface area contributed by atoms with Crippen LogP contribution >= 0.6 is 0 Å². The first kappa shape index (κ1) is 23.9. The molecule has 0 heterocycles. The second-order valence-electron chi connectivity index (χ2n) is 6.38. The minimum atomic E-state index is -0.871. The maximum Gasteiger partial charge on any atom is 0.204 e. The summed E-state index contributed by atoms with van der Waals surface area (Å²) in [4.78, 5) is 13.1. The Kier molecular flexibility index (Phi) is 8.57. The molecule has 0 aliphatic heterocycles. The Morgan fingerprint density at radius 2 is 1.32 bits per heavy atom. The van der Waals surface area contributed by atoms with E-state index < -0.39 is 6.10 Å². The maximum atomic E-state index is 13.1. The van der Waals surface area contributed by atoms with Crippen molar-refractivity contribution in [1.29, 1.82) is 0 Å².